The molecule has 2 rings (SSSR count). The molecule has 1 aromatic rings. The lowest BCUT2D eigenvalue weighted by atomic mass is 10.1. The molecule has 2 heterocycles. The van der Waals surface area contributed by atoms with Crippen LogP contribution in [-0.4, -0.2) is 30.6 Å². The summed E-state index contributed by atoms with van der Waals surface area (Å²) in [4.78, 5) is 4.18. The number of nitrogens with zero attached hydrogens (tertiary/aromatic N) is 1. The monoisotopic (exact) mass is 252 g/mol. The second kappa shape index (κ2) is 6.53. The molecule has 0 aliphatic carbocycles. The average molecular weight is 252 g/mol. The van der Waals surface area contributed by atoms with Gasteiger partial charge in [0.2, 0.25) is 0 Å². The van der Waals surface area contributed by atoms with Crippen LogP contribution in [0.5, 0.6) is 0 Å². The fourth-order valence-corrected chi connectivity index (χ4v) is 3.39. The quantitative estimate of drug-likeness (QED) is 0.837. The number of hydrogen-bond acceptors (Lipinski definition) is 3. The zero-order valence-corrected chi connectivity index (χ0v) is 11.9. The third-order valence-electron chi connectivity index (χ3n) is 3.53. The van der Waals surface area contributed by atoms with E-state index in [4.69, 9.17) is 0 Å². The molecule has 1 aromatic heterocycles. The first-order chi connectivity index (χ1) is 8.29. The molecule has 0 amide bonds. The predicted molar refractivity (Wildman–Crippen MR) is 75.7 cm³/mol. The van der Waals surface area contributed by atoms with E-state index in [9.17, 15) is 0 Å². The van der Waals surface area contributed by atoms with Gasteiger partial charge >= 0.3 is 0 Å². The Labute approximate surface area is 109 Å². The summed E-state index contributed by atoms with van der Waals surface area (Å²) in [7, 11) is 0. The zero-order chi connectivity index (χ0) is 12.1. The molecular formula is C14H24N2S. The summed E-state index contributed by atoms with van der Waals surface area (Å²) in [6.45, 7) is 9.24. The first-order valence-electron chi connectivity index (χ1n) is 6.80. The standard InChI is InChI=1S/C14H24N2S/c1-3-4-12(2)15-7-9-16-8-5-14-13(11-16)6-10-17-14/h6,10,12,15H,3-5,7-9,11H2,1-2H3. The molecule has 1 N–H and O–H groups in total. The van der Waals surface area contributed by atoms with Crippen molar-refractivity contribution in [3.8, 4) is 0 Å². The highest BCUT2D eigenvalue weighted by atomic mass is 32.1. The molecule has 0 aromatic carbocycles. The highest BCUT2D eigenvalue weighted by Crippen LogP contribution is 2.23. The van der Waals surface area contributed by atoms with Gasteiger partial charge in [0, 0.05) is 37.1 Å². The minimum absolute atomic E-state index is 0.668. The summed E-state index contributed by atoms with van der Waals surface area (Å²) in [5.41, 5.74) is 1.56. The third kappa shape index (κ3) is 3.80. The molecule has 2 nitrogen and oxygen atoms in total. The van der Waals surface area contributed by atoms with Gasteiger partial charge < -0.3 is 5.32 Å². The van der Waals surface area contributed by atoms with Gasteiger partial charge in [-0.15, -0.1) is 11.3 Å². The Morgan fingerprint density at radius 2 is 2.41 bits per heavy atom. The smallest absolute Gasteiger partial charge is 0.0245 e. The maximum atomic E-state index is 3.61. The van der Waals surface area contributed by atoms with Crippen LogP contribution in [0.2, 0.25) is 0 Å². The second-order valence-electron chi connectivity index (χ2n) is 5.04. The molecule has 1 unspecified atom stereocenters. The van der Waals surface area contributed by atoms with Crippen LogP contribution < -0.4 is 5.32 Å². The van der Waals surface area contributed by atoms with Crippen LogP contribution in [-0.2, 0) is 13.0 Å². The van der Waals surface area contributed by atoms with Crippen LogP contribution in [0.25, 0.3) is 0 Å². The van der Waals surface area contributed by atoms with Crippen LogP contribution in [0.1, 0.15) is 37.1 Å². The first-order valence-corrected chi connectivity index (χ1v) is 7.68. The van der Waals surface area contributed by atoms with E-state index in [1.54, 1.807) is 10.4 Å². The van der Waals surface area contributed by atoms with Crippen molar-refractivity contribution in [2.45, 2.75) is 45.7 Å². The number of hydrogen-bond donors (Lipinski definition) is 1. The Balaban J connectivity index is 1.68. The Hall–Kier alpha value is -0.380. The zero-order valence-electron chi connectivity index (χ0n) is 11.0. The summed E-state index contributed by atoms with van der Waals surface area (Å²) >= 11 is 1.92. The Bertz CT molecular complexity index is 335. The summed E-state index contributed by atoms with van der Waals surface area (Å²) in [5, 5.41) is 5.84. The predicted octanol–water partition coefficient (Wildman–Crippen LogP) is 2.88. The number of rotatable bonds is 6. The summed E-state index contributed by atoms with van der Waals surface area (Å²) in [5.74, 6) is 0. The maximum absolute atomic E-state index is 3.61. The third-order valence-corrected chi connectivity index (χ3v) is 4.55. The van der Waals surface area contributed by atoms with Gasteiger partial charge in [-0.1, -0.05) is 13.3 Å². The Morgan fingerprint density at radius 3 is 3.24 bits per heavy atom. The van der Waals surface area contributed by atoms with Crippen molar-refractivity contribution in [1.82, 2.24) is 10.2 Å². The number of thiophene rings is 1. The van der Waals surface area contributed by atoms with Crippen molar-refractivity contribution in [3.05, 3.63) is 21.9 Å². The molecule has 3 heteroatoms. The number of nitrogens with one attached hydrogen (secondary N) is 1. The van der Waals surface area contributed by atoms with Crippen molar-refractivity contribution >= 4 is 11.3 Å². The van der Waals surface area contributed by atoms with Gasteiger partial charge in [0.15, 0.2) is 0 Å². The lowest BCUT2D eigenvalue weighted by Gasteiger charge is -2.27. The summed E-state index contributed by atoms with van der Waals surface area (Å²) < 4.78 is 0. The van der Waals surface area contributed by atoms with Crippen molar-refractivity contribution in [1.29, 1.82) is 0 Å². The topological polar surface area (TPSA) is 15.3 Å². The van der Waals surface area contributed by atoms with Gasteiger partial charge in [0.05, 0.1) is 0 Å². The van der Waals surface area contributed by atoms with Gasteiger partial charge in [-0.25, -0.2) is 0 Å². The van der Waals surface area contributed by atoms with Crippen molar-refractivity contribution in [2.75, 3.05) is 19.6 Å². The largest absolute Gasteiger partial charge is 0.313 e. The van der Waals surface area contributed by atoms with Crippen LogP contribution in [0.15, 0.2) is 11.4 Å². The van der Waals surface area contributed by atoms with Gasteiger partial charge in [0.1, 0.15) is 0 Å². The molecule has 0 saturated heterocycles. The van der Waals surface area contributed by atoms with Crippen LogP contribution in [0, 0.1) is 0 Å². The number of fused-ring (bicyclic) bond motifs is 1. The fourth-order valence-electron chi connectivity index (χ4n) is 2.50. The summed E-state index contributed by atoms with van der Waals surface area (Å²) in [6, 6.07) is 2.96. The van der Waals surface area contributed by atoms with Crippen LogP contribution in [0.3, 0.4) is 0 Å². The van der Waals surface area contributed by atoms with E-state index >= 15 is 0 Å². The highest BCUT2D eigenvalue weighted by molar-refractivity contribution is 7.10. The van der Waals surface area contributed by atoms with Gasteiger partial charge in [0.25, 0.3) is 0 Å². The van der Waals surface area contributed by atoms with E-state index in [0.717, 1.165) is 13.1 Å². The van der Waals surface area contributed by atoms with Gasteiger partial charge in [-0.05, 0) is 36.8 Å². The molecule has 1 aliphatic heterocycles. The second-order valence-corrected chi connectivity index (χ2v) is 6.04. The SMILES string of the molecule is CCCC(C)NCCN1CCc2sccc2C1. The lowest BCUT2D eigenvalue weighted by molar-refractivity contribution is 0.252. The van der Waals surface area contributed by atoms with Gasteiger partial charge in [-0.3, -0.25) is 4.90 Å². The molecule has 0 radical (unpaired) electrons. The lowest BCUT2D eigenvalue weighted by Crippen LogP contribution is -2.38. The Kier molecular flexibility index (Phi) is 5.01. The maximum Gasteiger partial charge on any atom is 0.0245 e. The normalized spacial score (nSPS) is 18.0. The van der Waals surface area contributed by atoms with Gasteiger partial charge in [-0.2, -0.15) is 0 Å². The summed E-state index contributed by atoms with van der Waals surface area (Å²) in [6.07, 6.45) is 3.81. The molecule has 1 aliphatic rings. The van der Waals surface area contributed by atoms with Crippen molar-refractivity contribution in [3.63, 3.8) is 0 Å². The average Bonchev–Trinajstić information content (AvgIpc) is 2.76. The molecular weight excluding hydrogens is 228 g/mol. The molecule has 0 spiro atoms. The fraction of sp³-hybridized carbons (Fsp3) is 0.714. The molecule has 0 saturated carbocycles. The first kappa shape index (κ1) is 13.1. The van der Waals surface area contributed by atoms with E-state index in [-0.39, 0.29) is 0 Å². The minimum atomic E-state index is 0.668. The van der Waals surface area contributed by atoms with Crippen molar-refractivity contribution in [2.24, 2.45) is 0 Å². The van der Waals surface area contributed by atoms with Crippen molar-refractivity contribution < 1.29 is 0 Å². The molecule has 17 heavy (non-hydrogen) atoms. The highest BCUT2D eigenvalue weighted by Gasteiger charge is 2.16. The van der Waals surface area contributed by atoms with E-state index < -0.39 is 0 Å². The van der Waals surface area contributed by atoms with Crippen LogP contribution in [0.4, 0.5) is 0 Å². The molecule has 0 bridgehead atoms. The van der Waals surface area contributed by atoms with E-state index in [0.29, 0.717) is 6.04 Å². The van der Waals surface area contributed by atoms with E-state index in [1.165, 1.54) is 32.4 Å². The molecule has 96 valence electrons. The van der Waals surface area contributed by atoms with E-state index in [1.807, 2.05) is 11.3 Å². The van der Waals surface area contributed by atoms with Crippen LogP contribution >= 0.6 is 11.3 Å². The minimum Gasteiger partial charge on any atom is -0.313 e. The van der Waals surface area contributed by atoms with E-state index in [2.05, 4.69) is 35.5 Å². The molecule has 1 atom stereocenters. The molecule has 0 fully saturated rings. The Morgan fingerprint density at radius 1 is 1.53 bits per heavy atom.